The smallest absolute Gasteiger partial charge is 0.305 e. The van der Waals surface area contributed by atoms with Gasteiger partial charge < -0.3 is 15.3 Å². The van der Waals surface area contributed by atoms with Crippen molar-refractivity contribution in [3.05, 3.63) is 0 Å². The first-order chi connectivity index (χ1) is 7.88. The molecule has 0 aliphatic heterocycles. The number of aliphatic carboxylic acids is 1. The van der Waals surface area contributed by atoms with Crippen LogP contribution in [0.2, 0.25) is 0 Å². The predicted molar refractivity (Wildman–Crippen MR) is 66.9 cm³/mol. The molecule has 0 bridgehead atoms. The van der Waals surface area contributed by atoms with E-state index in [1.165, 1.54) is 0 Å². The molecule has 0 aromatic heterocycles. The fourth-order valence-electron chi connectivity index (χ4n) is 1.71. The lowest BCUT2D eigenvalue weighted by Crippen LogP contribution is -2.41. The minimum Gasteiger partial charge on any atom is -0.481 e. The van der Waals surface area contributed by atoms with Gasteiger partial charge in [-0.25, -0.2) is 0 Å². The van der Waals surface area contributed by atoms with E-state index in [4.69, 9.17) is 5.11 Å². The minimum atomic E-state index is -0.871. The first-order valence-electron chi connectivity index (χ1n) is 6.13. The Labute approximate surface area is 103 Å². The van der Waals surface area contributed by atoms with E-state index in [0.717, 1.165) is 0 Å². The van der Waals surface area contributed by atoms with Crippen molar-refractivity contribution in [2.24, 2.45) is 0 Å². The number of rotatable bonds is 8. The molecule has 0 heterocycles. The number of carbonyl (C=O) groups excluding carboxylic acids is 1. The molecule has 0 spiro atoms. The fourth-order valence-corrected chi connectivity index (χ4v) is 1.71. The molecule has 0 aliphatic rings. The number of hydrogen-bond acceptors (Lipinski definition) is 3. The minimum absolute atomic E-state index is 0.00279. The molecule has 1 atom stereocenters. The average molecular weight is 244 g/mol. The van der Waals surface area contributed by atoms with E-state index in [1.54, 1.807) is 11.8 Å². The van der Waals surface area contributed by atoms with E-state index in [9.17, 15) is 9.59 Å². The summed E-state index contributed by atoms with van der Waals surface area (Å²) in [7, 11) is 0. The van der Waals surface area contributed by atoms with Crippen molar-refractivity contribution < 1.29 is 14.7 Å². The van der Waals surface area contributed by atoms with Crippen LogP contribution in [0, 0.1) is 0 Å². The van der Waals surface area contributed by atoms with Crippen LogP contribution in [0.1, 0.15) is 40.5 Å². The van der Waals surface area contributed by atoms with E-state index in [-0.39, 0.29) is 18.4 Å². The molecule has 0 rings (SSSR count). The zero-order valence-corrected chi connectivity index (χ0v) is 11.2. The van der Waals surface area contributed by atoms with Crippen LogP contribution in [0.15, 0.2) is 0 Å². The summed E-state index contributed by atoms with van der Waals surface area (Å²) in [5.41, 5.74) is 0. The summed E-state index contributed by atoms with van der Waals surface area (Å²) >= 11 is 0. The molecule has 0 saturated carbocycles. The lowest BCUT2D eigenvalue weighted by atomic mass is 10.2. The maximum Gasteiger partial charge on any atom is 0.305 e. The molecule has 2 N–H and O–H groups in total. The fraction of sp³-hybridized carbons (Fsp3) is 0.833. The largest absolute Gasteiger partial charge is 0.481 e. The van der Waals surface area contributed by atoms with Gasteiger partial charge in [-0.3, -0.25) is 9.59 Å². The number of carbonyl (C=O) groups is 2. The van der Waals surface area contributed by atoms with Gasteiger partial charge in [-0.15, -0.1) is 0 Å². The maximum atomic E-state index is 11.9. The standard InChI is InChI=1S/C12H24N2O3/c1-5-14(10(4)8-12(16)17)11(15)6-7-13-9(2)3/h9-10,13H,5-8H2,1-4H3,(H,16,17). The molecular weight excluding hydrogens is 220 g/mol. The van der Waals surface area contributed by atoms with Crippen molar-refractivity contribution >= 4 is 11.9 Å². The third-order valence-corrected chi connectivity index (χ3v) is 2.55. The second-order valence-electron chi connectivity index (χ2n) is 4.49. The Kier molecular flexibility index (Phi) is 7.54. The molecular formula is C12H24N2O3. The van der Waals surface area contributed by atoms with Crippen LogP contribution in [-0.4, -0.2) is 47.1 Å². The highest BCUT2D eigenvalue weighted by Gasteiger charge is 2.20. The van der Waals surface area contributed by atoms with Gasteiger partial charge >= 0.3 is 5.97 Å². The van der Waals surface area contributed by atoms with Gasteiger partial charge in [-0.05, 0) is 13.8 Å². The monoisotopic (exact) mass is 244 g/mol. The van der Waals surface area contributed by atoms with Gasteiger partial charge in [-0.2, -0.15) is 0 Å². The zero-order valence-electron chi connectivity index (χ0n) is 11.2. The highest BCUT2D eigenvalue weighted by Crippen LogP contribution is 2.06. The summed E-state index contributed by atoms with van der Waals surface area (Å²) in [6, 6.07) is 0.110. The Morgan fingerprint density at radius 3 is 2.29 bits per heavy atom. The van der Waals surface area contributed by atoms with Gasteiger partial charge in [-0.1, -0.05) is 13.8 Å². The second kappa shape index (κ2) is 8.06. The van der Waals surface area contributed by atoms with Crippen LogP contribution in [0.3, 0.4) is 0 Å². The van der Waals surface area contributed by atoms with Crippen molar-refractivity contribution in [1.29, 1.82) is 0 Å². The summed E-state index contributed by atoms with van der Waals surface area (Å²) in [6.45, 7) is 8.86. The zero-order chi connectivity index (χ0) is 13.4. The summed E-state index contributed by atoms with van der Waals surface area (Å²) in [4.78, 5) is 24.1. The molecule has 17 heavy (non-hydrogen) atoms. The van der Waals surface area contributed by atoms with Gasteiger partial charge in [0.2, 0.25) is 5.91 Å². The Hall–Kier alpha value is -1.10. The number of carboxylic acid groups (broad SMARTS) is 1. The predicted octanol–water partition coefficient (Wildman–Crippen LogP) is 1.09. The molecule has 5 heteroatoms. The topological polar surface area (TPSA) is 69.6 Å². The molecule has 100 valence electrons. The Balaban J connectivity index is 4.15. The molecule has 0 aromatic carbocycles. The first kappa shape index (κ1) is 15.9. The van der Waals surface area contributed by atoms with Gasteiger partial charge in [0, 0.05) is 31.6 Å². The van der Waals surface area contributed by atoms with E-state index in [0.29, 0.717) is 25.6 Å². The van der Waals surface area contributed by atoms with Crippen LogP contribution in [-0.2, 0) is 9.59 Å². The molecule has 0 fully saturated rings. The SMILES string of the molecule is CCN(C(=O)CCNC(C)C)C(C)CC(=O)O. The van der Waals surface area contributed by atoms with E-state index < -0.39 is 5.97 Å². The summed E-state index contributed by atoms with van der Waals surface area (Å²) in [5, 5.41) is 11.9. The Bertz CT molecular complexity index is 254. The molecule has 5 nitrogen and oxygen atoms in total. The number of nitrogens with one attached hydrogen (secondary N) is 1. The van der Waals surface area contributed by atoms with Crippen LogP contribution < -0.4 is 5.32 Å². The van der Waals surface area contributed by atoms with Crippen LogP contribution >= 0.6 is 0 Å². The molecule has 0 saturated heterocycles. The quantitative estimate of drug-likeness (QED) is 0.670. The van der Waals surface area contributed by atoms with Crippen molar-refractivity contribution in [1.82, 2.24) is 10.2 Å². The third-order valence-electron chi connectivity index (χ3n) is 2.55. The second-order valence-corrected chi connectivity index (χ2v) is 4.49. The van der Waals surface area contributed by atoms with Crippen LogP contribution in [0.5, 0.6) is 0 Å². The van der Waals surface area contributed by atoms with Crippen molar-refractivity contribution in [2.75, 3.05) is 13.1 Å². The van der Waals surface area contributed by atoms with Crippen molar-refractivity contribution in [3.63, 3.8) is 0 Å². The molecule has 1 amide bonds. The highest BCUT2D eigenvalue weighted by molar-refractivity contribution is 5.77. The maximum absolute atomic E-state index is 11.9. The summed E-state index contributed by atoms with van der Waals surface area (Å²) in [6.07, 6.45) is 0.410. The van der Waals surface area contributed by atoms with Gasteiger partial charge in [0.25, 0.3) is 0 Å². The van der Waals surface area contributed by atoms with Crippen LogP contribution in [0.4, 0.5) is 0 Å². The molecule has 1 unspecified atom stereocenters. The number of amides is 1. The molecule has 0 aromatic rings. The van der Waals surface area contributed by atoms with Gasteiger partial charge in [0.1, 0.15) is 0 Å². The van der Waals surface area contributed by atoms with Crippen LogP contribution in [0.25, 0.3) is 0 Å². The van der Waals surface area contributed by atoms with E-state index in [2.05, 4.69) is 5.32 Å². The lowest BCUT2D eigenvalue weighted by Gasteiger charge is -2.27. The molecule has 0 radical (unpaired) electrons. The Morgan fingerprint density at radius 1 is 1.29 bits per heavy atom. The average Bonchev–Trinajstić information content (AvgIpc) is 2.16. The van der Waals surface area contributed by atoms with Gasteiger partial charge in [0.15, 0.2) is 0 Å². The summed E-state index contributed by atoms with van der Waals surface area (Å²) < 4.78 is 0. The van der Waals surface area contributed by atoms with Gasteiger partial charge in [0.05, 0.1) is 6.42 Å². The Morgan fingerprint density at radius 2 is 1.88 bits per heavy atom. The normalized spacial score (nSPS) is 12.5. The number of nitrogens with zero attached hydrogens (tertiary/aromatic N) is 1. The summed E-state index contributed by atoms with van der Waals surface area (Å²) in [5.74, 6) is -0.863. The number of carboxylic acids is 1. The number of hydrogen-bond donors (Lipinski definition) is 2. The molecule has 0 aliphatic carbocycles. The van der Waals surface area contributed by atoms with Crippen molar-refractivity contribution in [3.8, 4) is 0 Å². The van der Waals surface area contributed by atoms with E-state index >= 15 is 0 Å². The highest BCUT2D eigenvalue weighted by atomic mass is 16.4. The lowest BCUT2D eigenvalue weighted by molar-refractivity contribution is -0.140. The first-order valence-corrected chi connectivity index (χ1v) is 6.13. The van der Waals surface area contributed by atoms with E-state index in [1.807, 2.05) is 20.8 Å². The third kappa shape index (κ3) is 6.94. The van der Waals surface area contributed by atoms with Crippen molar-refractivity contribution in [2.45, 2.75) is 52.6 Å².